The topological polar surface area (TPSA) is 62.0 Å². The number of nitrogens with zero attached hydrogens (tertiary/aromatic N) is 2. The van der Waals surface area contributed by atoms with E-state index in [2.05, 4.69) is 10.2 Å². The second-order valence-electron chi connectivity index (χ2n) is 3.51. The molecule has 0 aliphatic carbocycles. The summed E-state index contributed by atoms with van der Waals surface area (Å²) >= 11 is 5.39. The molecular weight excluding hydrogens is 292 g/mol. The fourth-order valence-corrected chi connectivity index (χ4v) is 1.19. The largest absolute Gasteiger partial charge is 0.506 e. The second kappa shape index (κ2) is 5.52. The lowest BCUT2D eigenvalue weighted by Crippen LogP contribution is -2.31. The first-order valence-corrected chi connectivity index (χ1v) is 5.20. The minimum absolute atomic E-state index is 0.282. The van der Waals surface area contributed by atoms with Crippen molar-refractivity contribution in [1.82, 2.24) is 0 Å². The zero-order valence-corrected chi connectivity index (χ0v) is 10.1. The van der Waals surface area contributed by atoms with Crippen molar-refractivity contribution >= 4 is 23.1 Å². The van der Waals surface area contributed by atoms with Crippen molar-refractivity contribution in [1.29, 1.82) is 0 Å². The van der Waals surface area contributed by atoms with Gasteiger partial charge in [-0.05, 0) is 13.0 Å². The van der Waals surface area contributed by atoms with Crippen LogP contribution in [0.2, 0.25) is 5.02 Å². The number of alkyl halides is 3. The molecule has 0 aliphatic heterocycles. The predicted molar refractivity (Wildman–Crippen MR) is 58.1 cm³/mol. The van der Waals surface area contributed by atoms with Crippen LogP contribution in [0.5, 0.6) is 5.75 Å². The monoisotopic (exact) mass is 298 g/mol. The van der Waals surface area contributed by atoms with E-state index in [1.54, 1.807) is 0 Å². The SMILES string of the molecule is CC(N=Nc1cc(O)c(Cl)cc1F)C(=O)C(F)(F)F. The van der Waals surface area contributed by atoms with E-state index in [4.69, 9.17) is 11.6 Å². The van der Waals surface area contributed by atoms with Crippen LogP contribution in [0.1, 0.15) is 6.92 Å². The van der Waals surface area contributed by atoms with E-state index in [0.717, 1.165) is 19.1 Å². The van der Waals surface area contributed by atoms with Gasteiger partial charge in [-0.15, -0.1) is 0 Å². The van der Waals surface area contributed by atoms with E-state index in [0.29, 0.717) is 0 Å². The minimum atomic E-state index is -5.04. The first kappa shape index (κ1) is 15.4. The van der Waals surface area contributed by atoms with E-state index in [1.807, 2.05) is 0 Å². The average molecular weight is 299 g/mol. The molecule has 104 valence electrons. The summed E-state index contributed by atoms with van der Waals surface area (Å²) in [7, 11) is 0. The fraction of sp³-hybridized carbons (Fsp3) is 0.300. The van der Waals surface area contributed by atoms with Crippen molar-refractivity contribution in [3.05, 3.63) is 23.0 Å². The summed E-state index contributed by atoms with van der Waals surface area (Å²) in [4.78, 5) is 10.7. The third kappa shape index (κ3) is 3.88. The first-order valence-electron chi connectivity index (χ1n) is 4.83. The highest BCUT2D eigenvalue weighted by Crippen LogP contribution is 2.31. The normalized spacial score (nSPS) is 13.8. The highest BCUT2D eigenvalue weighted by molar-refractivity contribution is 6.32. The van der Waals surface area contributed by atoms with Gasteiger partial charge in [-0.1, -0.05) is 11.6 Å². The highest BCUT2D eigenvalue weighted by atomic mass is 35.5. The standard InChI is InChI=1S/C10H7ClF4N2O2/c1-4(9(19)10(13,14)15)16-17-7-3-8(18)5(11)2-6(7)12/h2-4,18H,1H3. The Hall–Kier alpha value is -1.70. The number of benzene rings is 1. The Labute approximate surface area is 109 Å². The Morgan fingerprint density at radius 1 is 1.42 bits per heavy atom. The minimum Gasteiger partial charge on any atom is -0.506 e. The molecule has 0 spiro atoms. The molecule has 0 saturated carbocycles. The third-order valence-electron chi connectivity index (χ3n) is 2.01. The Morgan fingerprint density at radius 2 is 2.00 bits per heavy atom. The summed E-state index contributed by atoms with van der Waals surface area (Å²) in [5.74, 6) is -3.60. The van der Waals surface area contributed by atoms with Crippen LogP contribution in [0.3, 0.4) is 0 Å². The predicted octanol–water partition coefficient (Wildman–Crippen LogP) is 3.79. The summed E-state index contributed by atoms with van der Waals surface area (Å²) in [5, 5.41) is 15.1. The van der Waals surface area contributed by atoms with Gasteiger partial charge in [0, 0.05) is 6.07 Å². The molecule has 0 heterocycles. The van der Waals surface area contributed by atoms with Crippen LogP contribution in [0, 0.1) is 5.82 Å². The quantitative estimate of drug-likeness (QED) is 0.681. The molecule has 0 radical (unpaired) electrons. The van der Waals surface area contributed by atoms with Crippen molar-refractivity contribution in [3.63, 3.8) is 0 Å². The molecule has 1 N–H and O–H groups in total. The number of phenols is 1. The Balaban J connectivity index is 2.94. The maximum absolute atomic E-state index is 13.3. The zero-order valence-electron chi connectivity index (χ0n) is 9.37. The first-order chi connectivity index (χ1) is 8.62. The Kier molecular flexibility index (Phi) is 4.46. The number of ketones is 1. The number of aromatic hydroxyl groups is 1. The maximum Gasteiger partial charge on any atom is 0.452 e. The van der Waals surface area contributed by atoms with E-state index in [-0.39, 0.29) is 5.02 Å². The van der Waals surface area contributed by atoms with Gasteiger partial charge in [0.15, 0.2) is 5.82 Å². The highest BCUT2D eigenvalue weighted by Gasteiger charge is 2.41. The number of carbonyl (C=O) groups is 1. The molecule has 9 heteroatoms. The molecule has 0 fully saturated rings. The van der Waals surface area contributed by atoms with Crippen LogP contribution < -0.4 is 0 Å². The smallest absolute Gasteiger partial charge is 0.452 e. The number of hydrogen-bond donors (Lipinski definition) is 1. The maximum atomic E-state index is 13.3. The van der Waals surface area contributed by atoms with Gasteiger partial charge in [0.1, 0.15) is 17.5 Å². The molecule has 1 unspecified atom stereocenters. The molecule has 1 atom stereocenters. The van der Waals surface area contributed by atoms with Crippen molar-refractivity contribution in [2.24, 2.45) is 10.2 Å². The molecule has 4 nitrogen and oxygen atoms in total. The molecular formula is C10H7ClF4N2O2. The van der Waals surface area contributed by atoms with Gasteiger partial charge < -0.3 is 5.11 Å². The second-order valence-corrected chi connectivity index (χ2v) is 3.92. The number of phenolic OH excluding ortho intramolecular Hbond substituents is 1. The Bertz CT molecular complexity index is 531. The third-order valence-corrected chi connectivity index (χ3v) is 2.32. The van der Waals surface area contributed by atoms with Gasteiger partial charge in [-0.2, -0.15) is 23.4 Å². The van der Waals surface area contributed by atoms with Crippen LogP contribution in [0.25, 0.3) is 0 Å². The van der Waals surface area contributed by atoms with Crippen LogP contribution in [-0.4, -0.2) is 23.1 Å². The van der Waals surface area contributed by atoms with E-state index in [1.165, 1.54) is 0 Å². The van der Waals surface area contributed by atoms with Crippen molar-refractivity contribution < 1.29 is 27.5 Å². The summed E-state index contributed by atoms with van der Waals surface area (Å²) in [6.07, 6.45) is -5.04. The molecule has 19 heavy (non-hydrogen) atoms. The van der Waals surface area contributed by atoms with Gasteiger partial charge in [-0.3, -0.25) is 4.79 Å². The molecule has 1 aromatic carbocycles. The van der Waals surface area contributed by atoms with Crippen molar-refractivity contribution in [2.45, 2.75) is 19.1 Å². The van der Waals surface area contributed by atoms with Crippen LogP contribution in [-0.2, 0) is 4.79 Å². The van der Waals surface area contributed by atoms with Crippen LogP contribution in [0.4, 0.5) is 23.2 Å². The van der Waals surface area contributed by atoms with E-state index in [9.17, 15) is 27.5 Å². The van der Waals surface area contributed by atoms with Gasteiger partial charge in [-0.25, -0.2) is 4.39 Å². The van der Waals surface area contributed by atoms with Crippen molar-refractivity contribution in [2.75, 3.05) is 0 Å². The molecule has 0 aromatic heterocycles. The lowest BCUT2D eigenvalue weighted by molar-refractivity contribution is -0.172. The average Bonchev–Trinajstić information content (AvgIpc) is 2.29. The summed E-state index contributed by atoms with van der Waals surface area (Å²) in [6, 6.07) is -0.301. The molecule has 1 aromatic rings. The lowest BCUT2D eigenvalue weighted by atomic mass is 10.2. The van der Waals surface area contributed by atoms with Gasteiger partial charge in [0.2, 0.25) is 0 Å². The Morgan fingerprint density at radius 3 is 2.53 bits per heavy atom. The lowest BCUT2D eigenvalue weighted by Gasteiger charge is -2.07. The van der Waals surface area contributed by atoms with E-state index >= 15 is 0 Å². The van der Waals surface area contributed by atoms with Gasteiger partial charge in [0.25, 0.3) is 5.78 Å². The molecule has 1 rings (SSSR count). The number of carbonyl (C=O) groups excluding carboxylic acids is 1. The molecule has 0 aliphatic rings. The number of azo groups is 1. The summed E-state index contributed by atoms with van der Waals surface area (Å²) < 4.78 is 49.4. The van der Waals surface area contributed by atoms with Gasteiger partial charge >= 0.3 is 6.18 Å². The summed E-state index contributed by atoms with van der Waals surface area (Å²) in [6.45, 7) is 0.868. The van der Waals surface area contributed by atoms with Crippen LogP contribution >= 0.6 is 11.6 Å². The number of hydrogen-bond acceptors (Lipinski definition) is 4. The zero-order chi connectivity index (χ0) is 14.8. The molecule has 0 bridgehead atoms. The van der Waals surface area contributed by atoms with Gasteiger partial charge in [0.05, 0.1) is 5.02 Å². The number of Topliss-reactive ketones (excluding diaryl/α,β-unsaturated/α-hetero) is 1. The fourth-order valence-electron chi connectivity index (χ4n) is 1.04. The summed E-state index contributed by atoms with van der Waals surface area (Å²) in [5.41, 5.74) is -0.524. The van der Waals surface area contributed by atoms with Crippen molar-refractivity contribution in [3.8, 4) is 5.75 Å². The molecule has 0 saturated heterocycles. The number of rotatable bonds is 3. The number of halogens is 5. The van der Waals surface area contributed by atoms with E-state index < -0.39 is 35.3 Å². The van der Waals surface area contributed by atoms with Crippen LogP contribution in [0.15, 0.2) is 22.4 Å². The molecule has 0 amide bonds.